The molecule has 1 aromatic rings. The highest BCUT2D eigenvalue weighted by molar-refractivity contribution is 5.49. The van der Waals surface area contributed by atoms with Crippen LogP contribution in [0.1, 0.15) is 32.3 Å². The quantitative estimate of drug-likeness (QED) is 0.867. The van der Waals surface area contributed by atoms with Gasteiger partial charge in [-0.25, -0.2) is 4.39 Å². The lowest BCUT2D eigenvalue weighted by Gasteiger charge is -2.34. The molecule has 2 rings (SSSR count). The molecular weight excluding hydrogens is 255 g/mol. The van der Waals surface area contributed by atoms with Crippen LogP contribution in [-0.4, -0.2) is 32.3 Å². The van der Waals surface area contributed by atoms with E-state index in [2.05, 4.69) is 10.2 Å². The maximum Gasteiger partial charge on any atom is 0.146 e. The average molecular weight is 280 g/mol. The lowest BCUT2D eigenvalue weighted by molar-refractivity contribution is 0.0525. The highest BCUT2D eigenvalue weighted by Gasteiger charge is 2.22. The van der Waals surface area contributed by atoms with Crippen LogP contribution in [0.3, 0.4) is 0 Å². The minimum Gasteiger partial charge on any atom is -0.377 e. The zero-order valence-corrected chi connectivity index (χ0v) is 12.5. The molecule has 4 heteroatoms. The van der Waals surface area contributed by atoms with Gasteiger partial charge in [0.15, 0.2) is 0 Å². The van der Waals surface area contributed by atoms with Gasteiger partial charge in [-0.1, -0.05) is 13.0 Å². The number of anilines is 1. The zero-order chi connectivity index (χ0) is 14.4. The molecule has 0 radical (unpaired) electrons. The number of rotatable bonds is 6. The molecular formula is C16H25FN2O. The van der Waals surface area contributed by atoms with Crippen molar-refractivity contribution in [3.05, 3.63) is 29.6 Å². The van der Waals surface area contributed by atoms with Gasteiger partial charge in [-0.3, -0.25) is 0 Å². The number of hydrogen-bond acceptors (Lipinski definition) is 3. The Morgan fingerprint density at radius 3 is 2.95 bits per heavy atom. The topological polar surface area (TPSA) is 24.5 Å². The molecule has 1 aromatic carbocycles. The Labute approximate surface area is 121 Å². The summed E-state index contributed by atoms with van der Waals surface area (Å²) in [6.07, 6.45) is 2.36. The van der Waals surface area contributed by atoms with Crippen LogP contribution < -0.4 is 10.2 Å². The van der Waals surface area contributed by atoms with E-state index in [0.717, 1.165) is 51.2 Å². The van der Waals surface area contributed by atoms with Crippen molar-refractivity contribution in [1.29, 1.82) is 0 Å². The second-order valence-corrected chi connectivity index (χ2v) is 5.23. The third-order valence-corrected chi connectivity index (χ3v) is 3.71. The molecule has 1 N–H and O–H groups in total. The second kappa shape index (κ2) is 7.60. The van der Waals surface area contributed by atoms with E-state index in [-0.39, 0.29) is 11.9 Å². The fraction of sp³-hybridized carbons (Fsp3) is 0.625. The predicted molar refractivity (Wildman–Crippen MR) is 80.6 cm³/mol. The molecule has 1 aliphatic heterocycles. The van der Waals surface area contributed by atoms with Crippen molar-refractivity contribution in [1.82, 2.24) is 5.32 Å². The lowest BCUT2D eigenvalue weighted by Crippen LogP contribution is -2.40. The maximum absolute atomic E-state index is 14.3. The summed E-state index contributed by atoms with van der Waals surface area (Å²) in [6, 6.07) is 5.55. The summed E-state index contributed by atoms with van der Waals surface area (Å²) < 4.78 is 19.9. The van der Waals surface area contributed by atoms with E-state index >= 15 is 0 Å². The summed E-state index contributed by atoms with van der Waals surface area (Å²) in [5.41, 5.74) is 1.70. The molecule has 0 amide bonds. The van der Waals surface area contributed by atoms with E-state index in [1.165, 1.54) is 0 Å². The highest BCUT2D eigenvalue weighted by atomic mass is 19.1. The molecule has 3 nitrogen and oxygen atoms in total. The fourth-order valence-corrected chi connectivity index (χ4v) is 2.71. The van der Waals surface area contributed by atoms with Crippen molar-refractivity contribution in [2.75, 3.05) is 31.1 Å². The van der Waals surface area contributed by atoms with Crippen molar-refractivity contribution in [3.8, 4) is 0 Å². The standard InChI is InChI=1S/C16H25FN2O/c1-3-18-11-13-7-8-16(15(17)10-13)19-9-5-6-14(12-19)20-4-2/h7-8,10,14,18H,3-6,9,11-12H2,1-2H3. The van der Waals surface area contributed by atoms with E-state index in [0.29, 0.717) is 5.69 Å². The van der Waals surface area contributed by atoms with Gasteiger partial charge in [-0.05, 0) is 44.0 Å². The smallest absolute Gasteiger partial charge is 0.146 e. The Kier molecular flexibility index (Phi) is 5.80. The molecule has 20 heavy (non-hydrogen) atoms. The van der Waals surface area contributed by atoms with E-state index in [4.69, 9.17) is 4.74 Å². The highest BCUT2D eigenvalue weighted by Crippen LogP contribution is 2.25. The summed E-state index contributed by atoms with van der Waals surface area (Å²) in [7, 11) is 0. The first kappa shape index (κ1) is 15.3. The SMILES string of the molecule is CCNCc1ccc(N2CCCC(OCC)C2)c(F)c1. The first-order valence-corrected chi connectivity index (χ1v) is 7.60. The summed E-state index contributed by atoms with van der Waals surface area (Å²) in [6.45, 7) is 8.09. The van der Waals surface area contributed by atoms with Crippen molar-refractivity contribution >= 4 is 5.69 Å². The molecule has 1 unspecified atom stereocenters. The third kappa shape index (κ3) is 3.93. The summed E-state index contributed by atoms with van der Waals surface area (Å²) in [4.78, 5) is 2.11. The Morgan fingerprint density at radius 1 is 1.40 bits per heavy atom. The van der Waals surface area contributed by atoms with Gasteiger partial charge in [-0.15, -0.1) is 0 Å². The van der Waals surface area contributed by atoms with Gasteiger partial charge in [-0.2, -0.15) is 0 Å². The van der Waals surface area contributed by atoms with E-state index < -0.39 is 0 Å². The number of halogens is 1. The molecule has 112 valence electrons. The summed E-state index contributed by atoms with van der Waals surface area (Å²) >= 11 is 0. The second-order valence-electron chi connectivity index (χ2n) is 5.23. The monoisotopic (exact) mass is 280 g/mol. The van der Waals surface area contributed by atoms with Crippen LogP contribution >= 0.6 is 0 Å². The zero-order valence-electron chi connectivity index (χ0n) is 12.5. The number of ether oxygens (including phenoxy) is 1. The Hall–Kier alpha value is -1.13. The van der Waals surface area contributed by atoms with Crippen LogP contribution in [0.4, 0.5) is 10.1 Å². The molecule has 0 bridgehead atoms. The molecule has 1 heterocycles. The van der Waals surface area contributed by atoms with Crippen LogP contribution in [0.15, 0.2) is 18.2 Å². The third-order valence-electron chi connectivity index (χ3n) is 3.71. The number of piperidine rings is 1. The van der Waals surface area contributed by atoms with Gasteiger partial charge >= 0.3 is 0 Å². The molecule has 0 aliphatic carbocycles. The average Bonchev–Trinajstić information content (AvgIpc) is 2.46. The Morgan fingerprint density at radius 2 is 2.25 bits per heavy atom. The molecule has 0 aromatic heterocycles. The molecule has 0 spiro atoms. The van der Waals surface area contributed by atoms with Crippen LogP contribution in [0, 0.1) is 5.82 Å². The van der Waals surface area contributed by atoms with Gasteiger partial charge < -0.3 is 15.0 Å². The van der Waals surface area contributed by atoms with Gasteiger partial charge in [0.25, 0.3) is 0 Å². The van der Waals surface area contributed by atoms with Gasteiger partial charge in [0, 0.05) is 26.2 Å². The Bertz CT molecular complexity index is 423. The molecule has 0 saturated carbocycles. The molecule has 1 saturated heterocycles. The number of benzene rings is 1. The maximum atomic E-state index is 14.3. The van der Waals surface area contributed by atoms with Crippen molar-refractivity contribution in [2.45, 2.75) is 39.3 Å². The first-order chi connectivity index (χ1) is 9.74. The minimum absolute atomic E-state index is 0.127. The van der Waals surface area contributed by atoms with Crippen molar-refractivity contribution in [3.63, 3.8) is 0 Å². The van der Waals surface area contributed by atoms with Crippen molar-refractivity contribution < 1.29 is 9.13 Å². The molecule has 1 fully saturated rings. The minimum atomic E-state index is -0.127. The van der Waals surface area contributed by atoms with Gasteiger partial charge in [0.05, 0.1) is 11.8 Å². The molecule has 1 atom stereocenters. The van der Waals surface area contributed by atoms with Crippen LogP contribution in [0.5, 0.6) is 0 Å². The summed E-state index contributed by atoms with van der Waals surface area (Å²) in [5, 5.41) is 3.21. The van der Waals surface area contributed by atoms with Crippen molar-refractivity contribution in [2.24, 2.45) is 0 Å². The number of nitrogens with zero attached hydrogens (tertiary/aromatic N) is 1. The molecule has 1 aliphatic rings. The van der Waals surface area contributed by atoms with Crippen LogP contribution in [0.25, 0.3) is 0 Å². The van der Waals surface area contributed by atoms with E-state index in [9.17, 15) is 4.39 Å². The van der Waals surface area contributed by atoms with Gasteiger partial charge in [0.2, 0.25) is 0 Å². The Balaban J connectivity index is 2.04. The fourth-order valence-electron chi connectivity index (χ4n) is 2.71. The first-order valence-electron chi connectivity index (χ1n) is 7.60. The van der Waals surface area contributed by atoms with E-state index in [1.807, 2.05) is 26.0 Å². The van der Waals surface area contributed by atoms with E-state index in [1.54, 1.807) is 6.07 Å². The number of hydrogen-bond donors (Lipinski definition) is 1. The number of nitrogens with one attached hydrogen (secondary N) is 1. The normalized spacial score (nSPS) is 19.4. The summed E-state index contributed by atoms with van der Waals surface area (Å²) in [5.74, 6) is -0.127. The predicted octanol–water partition coefficient (Wildman–Crippen LogP) is 2.94. The largest absolute Gasteiger partial charge is 0.377 e. The lowest BCUT2D eigenvalue weighted by atomic mass is 10.1. The van der Waals surface area contributed by atoms with Crippen LogP contribution in [0.2, 0.25) is 0 Å². The van der Waals surface area contributed by atoms with Crippen LogP contribution in [-0.2, 0) is 11.3 Å². The van der Waals surface area contributed by atoms with Gasteiger partial charge in [0.1, 0.15) is 5.82 Å².